The van der Waals surface area contributed by atoms with Crippen LogP contribution in [0.5, 0.6) is 0 Å². The highest BCUT2D eigenvalue weighted by Gasteiger charge is 2.25. The third-order valence-corrected chi connectivity index (χ3v) is 4.01. The number of hydrogen-bond donors (Lipinski definition) is 1. The molecule has 2 aromatic rings. The van der Waals surface area contributed by atoms with Crippen molar-refractivity contribution in [1.82, 2.24) is 9.97 Å². The minimum absolute atomic E-state index is 0.171. The predicted molar refractivity (Wildman–Crippen MR) is 80.9 cm³/mol. The number of hydrogen-bond acceptors (Lipinski definition) is 4. The van der Waals surface area contributed by atoms with E-state index >= 15 is 0 Å². The Bertz CT molecular complexity index is 648. The minimum atomic E-state index is -2.54. The zero-order chi connectivity index (χ0) is 15.5. The summed E-state index contributed by atoms with van der Waals surface area (Å²) >= 11 is 0. The van der Waals surface area contributed by atoms with Gasteiger partial charge >= 0.3 is 0 Å². The molecule has 22 heavy (non-hydrogen) atoms. The van der Waals surface area contributed by atoms with Crippen LogP contribution in [-0.4, -0.2) is 23.1 Å². The van der Waals surface area contributed by atoms with Crippen LogP contribution in [0.25, 0.3) is 0 Å². The van der Waals surface area contributed by atoms with Gasteiger partial charge in [0.1, 0.15) is 11.5 Å². The van der Waals surface area contributed by atoms with E-state index < -0.39 is 6.43 Å². The van der Waals surface area contributed by atoms with Crippen LogP contribution >= 0.6 is 0 Å². The first kappa shape index (κ1) is 14.8. The zero-order valence-corrected chi connectivity index (χ0v) is 12.1. The second-order valence-electron chi connectivity index (χ2n) is 5.44. The number of anilines is 1. The molecule has 0 aromatic carbocycles. The van der Waals surface area contributed by atoms with Gasteiger partial charge in [0, 0.05) is 31.7 Å². The van der Waals surface area contributed by atoms with Gasteiger partial charge in [-0.05, 0) is 36.2 Å². The molecule has 1 fully saturated rings. The monoisotopic (exact) mass is 304 g/mol. The fourth-order valence-electron chi connectivity index (χ4n) is 2.84. The molecule has 116 valence electrons. The Kier molecular flexibility index (Phi) is 4.29. The van der Waals surface area contributed by atoms with E-state index in [0.717, 1.165) is 25.2 Å². The van der Waals surface area contributed by atoms with Crippen LogP contribution in [0.15, 0.2) is 36.5 Å². The molecule has 1 aliphatic heterocycles. The second-order valence-corrected chi connectivity index (χ2v) is 5.44. The standard InChI is InChI=1S/C16H18F2N4/c17-16(18)14-2-1-3-15(21-14)22-7-5-12(10-22)11-4-6-20-13(8-11)9-19/h1-4,6,8,12,16H,5,7,9-10,19H2. The first-order valence-corrected chi connectivity index (χ1v) is 7.32. The fourth-order valence-corrected chi connectivity index (χ4v) is 2.84. The molecule has 1 atom stereocenters. The summed E-state index contributed by atoms with van der Waals surface area (Å²) < 4.78 is 25.5. The second kappa shape index (κ2) is 6.36. The van der Waals surface area contributed by atoms with Crippen LogP contribution in [0.4, 0.5) is 14.6 Å². The zero-order valence-electron chi connectivity index (χ0n) is 12.1. The van der Waals surface area contributed by atoms with Gasteiger partial charge in [-0.25, -0.2) is 13.8 Å². The summed E-state index contributed by atoms with van der Waals surface area (Å²) in [5, 5.41) is 0. The quantitative estimate of drug-likeness (QED) is 0.943. The van der Waals surface area contributed by atoms with E-state index in [4.69, 9.17) is 5.73 Å². The molecule has 1 unspecified atom stereocenters. The number of nitrogens with zero attached hydrogens (tertiary/aromatic N) is 3. The average molecular weight is 304 g/mol. The molecule has 4 nitrogen and oxygen atoms in total. The van der Waals surface area contributed by atoms with Crippen molar-refractivity contribution in [2.75, 3.05) is 18.0 Å². The lowest BCUT2D eigenvalue weighted by molar-refractivity contribution is 0.146. The van der Waals surface area contributed by atoms with Crippen molar-refractivity contribution in [3.8, 4) is 0 Å². The molecule has 3 rings (SSSR count). The minimum Gasteiger partial charge on any atom is -0.356 e. The van der Waals surface area contributed by atoms with Crippen LogP contribution < -0.4 is 10.6 Å². The van der Waals surface area contributed by atoms with Gasteiger partial charge < -0.3 is 10.6 Å². The third kappa shape index (κ3) is 3.06. The fraction of sp³-hybridized carbons (Fsp3) is 0.375. The van der Waals surface area contributed by atoms with Gasteiger partial charge in [-0.1, -0.05) is 6.07 Å². The van der Waals surface area contributed by atoms with Crippen LogP contribution in [0.3, 0.4) is 0 Å². The summed E-state index contributed by atoms with van der Waals surface area (Å²) in [4.78, 5) is 10.3. The van der Waals surface area contributed by atoms with E-state index in [0.29, 0.717) is 18.3 Å². The maximum absolute atomic E-state index is 12.8. The molecule has 0 radical (unpaired) electrons. The smallest absolute Gasteiger partial charge is 0.280 e. The van der Waals surface area contributed by atoms with Gasteiger partial charge in [-0.2, -0.15) is 0 Å². The van der Waals surface area contributed by atoms with E-state index in [1.807, 2.05) is 12.1 Å². The molecule has 0 aliphatic carbocycles. The van der Waals surface area contributed by atoms with E-state index in [9.17, 15) is 8.78 Å². The summed E-state index contributed by atoms with van der Waals surface area (Å²) in [5.41, 5.74) is 7.52. The Hall–Kier alpha value is -2.08. The maximum atomic E-state index is 12.8. The number of nitrogens with two attached hydrogens (primary N) is 1. The molecule has 0 spiro atoms. The molecule has 3 heterocycles. The number of aromatic nitrogens is 2. The Labute approximate surface area is 128 Å². The molecule has 6 heteroatoms. The summed E-state index contributed by atoms with van der Waals surface area (Å²) in [6.07, 6.45) is 0.204. The lowest BCUT2D eigenvalue weighted by atomic mass is 9.99. The molecule has 2 aromatic heterocycles. The van der Waals surface area contributed by atoms with Gasteiger partial charge in [0.25, 0.3) is 6.43 Å². The van der Waals surface area contributed by atoms with Crippen molar-refractivity contribution in [3.63, 3.8) is 0 Å². The van der Waals surface area contributed by atoms with Crippen molar-refractivity contribution < 1.29 is 8.78 Å². The molecule has 1 saturated heterocycles. The molecule has 2 N–H and O–H groups in total. The number of alkyl halides is 2. The van der Waals surface area contributed by atoms with Gasteiger partial charge in [0.05, 0.1) is 5.69 Å². The first-order valence-electron chi connectivity index (χ1n) is 7.32. The van der Waals surface area contributed by atoms with Crippen LogP contribution in [0.2, 0.25) is 0 Å². The van der Waals surface area contributed by atoms with Gasteiger partial charge in [0.2, 0.25) is 0 Å². The normalized spacial score (nSPS) is 18.2. The lowest BCUT2D eigenvalue weighted by Crippen LogP contribution is -2.20. The number of rotatable bonds is 4. The average Bonchev–Trinajstić information content (AvgIpc) is 3.05. The van der Waals surface area contributed by atoms with E-state index in [1.165, 1.54) is 11.6 Å². The highest BCUT2D eigenvalue weighted by molar-refractivity contribution is 5.42. The van der Waals surface area contributed by atoms with Crippen LogP contribution in [0, 0.1) is 0 Å². The van der Waals surface area contributed by atoms with Crippen LogP contribution in [-0.2, 0) is 6.54 Å². The maximum Gasteiger partial charge on any atom is 0.280 e. The predicted octanol–water partition coefficient (Wildman–Crippen LogP) is 2.87. The van der Waals surface area contributed by atoms with E-state index in [2.05, 4.69) is 14.9 Å². The molecule has 0 amide bonds. The van der Waals surface area contributed by atoms with Crippen molar-refractivity contribution in [1.29, 1.82) is 0 Å². The Morgan fingerprint density at radius 2 is 2.18 bits per heavy atom. The largest absolute Gasteiger partial charge is 0.356 e. The highest BCUT2D eigenvalue weighted by atomic mass is 19.3. The molecular formula is C16H18F2N4. The summed E-state index contributed by atoms with van der Waals surface area (Å²) in [5.74, 6) is 0.971. The Balaban J connectivity index is 1.75. The van der Waals surface area contributed by atoms with Crippen molar-refractivity contribution >= 4 is 5.82 Å². The topological polar surface area (TPSA) is 55.0 Å². The molecule has 1 aliphatic rings. The van der Waals surface area contributed by atoms with Crippen molar-refractivity contribution in [2.45, 2.75) is 25.3 Å². The lowest BCUT2D eigenvalue weighted by Gasteiger charge is -2.18. The highest BCUT2D eigenvalue weighted by Crippen LogP contribution is 2.30. The number of pyridine rings is 2. The summed E-state index contributed by atoms with van der Waals surface area (Å²) in [7, 11) is 0. The third-order valence-electron chi connectivity index (χ3n) is 4.01. The van der Waals surface area contributed by atoms with Crippen LogP contribution in [0.1, 0.15) is 35.7 Å². The molecular weight excluding hydrogens is 286 g/mol. The van der Waals surface area contributed by atoms with E-state index in [-0.39, 0.29) is 5.69 Å². The van der Waals surface area contributed by atoms with Gasteiger partial charge in [-0.3, -0.25) is 4.98 Å². The number of halogens is 2. The Morgan fingerprint density at radius 3 is 2.95 bits per heavy atom. The first-order chi connectivity index (χ1) is 10.7. The van der Waals surface area contributed by atoms with Crippen molar-refractivity contribution in [2.24, 2.45) is 5.73 Å². The van der Waals surface area contributed by atoms with Gasteiger partial charge in [-0.15, -0.1) is 0 Å². The summed E-state index contributed by atoms with van der Waals surface area (Å²) in [6, 6.07) is 8.80. The Morgan fingerprint density at radius 1 is 1.32 bits per heavy atom. The van der Waals surface area contributed by atoms with E-state index in [1.54, 1.807) is 18.3 Å². The molecule has 0 bridgehead atoms. The van der Waals surface area contributed by atoms with Crippen molar-refractivity contribution in [3.05, 3.63) is 53.5 Å². The molecule has 0 saturated carbocycles. The van der Waals surface area contributed by atoms with Gasteiger partial charge in [0.15, 0.2) is 0 Å². The SMILES string of the molecule is NCc1cc(C2CCN(c3cccc(C(F)F)n3)C2)ccn1. The summed E-state index contributed by atoms with van der Waals surface area (Å²) in [6.45, 7) is 2.00.